The minimum Gasteiger partial charge on any atom is -0.351 e. The van der Waals surface area contributed by atoms with E-state index in [4.69, 9.17) is 4.52 Å². The highest BCUT2D eigenvalue weighted by atomic mass is 32.2. The van der Waals surface area contributed by atoms with Crippen LogP contribution < -0.4 is 5.32 Å². The smallest absolute Gasteiger partial charge is 0.243 e. The van der Waals surface area contributed by atoms with Crippen LogP contribution in [-0.4, -0.2) is 42.4 Å². The van der Waals surface area contributed by atoms with E-state index >= 15 is 0 Å². The average molecular weight is 414 g/mol. The Morgan fingerprint density at radius 1 is 1.14 bits per heavy atom. The molecule has 0 fully saturated rings. The fourth-order valence-electron chi connectivity index (χ4n) is 2.74. The number of likely N-dealkylation sites (N-methyl/N-ethyl adjacent to an activating group) is 1. The van der Waals surface area contributed by atoms with Gasteiger partial charge in [-0.05, 0) is 24.1 Å². The molecule has 9 heteroatoms. The van der Waals surface area contributed by atoms with E-state index in [9.17, 15) is 13.2 Å². The largest absolute Gasteiger partial charge is 0.351 e. The van der Waals surface area contributed by atoms with Crippen LogP contribution in [0.3, 0.4) is 0 Å². The van der Waals surface area contributed by atoms with Crippen molar-refractivity contribution in [2.45, 2.75) is 25.3 Å². The lowest BCUT2D eigenvalue weighted by atomic mass is 10.1. The third-order valence-corrected chi connectivity index (χ3v) is 6.31. The number of nitrogens with zero attached hydrogens (tertiary/aromatic N) is 3. The van der Waals surface area contributed by atoms with E-state index < -0.39 is 10.0 Å². The molecule has 0 bridgehead atoms. The summed E-state index contributed by atoms with van der Waals surface area (Å²) >= 11 is 0. The molecular formula is C20H22N4O4S. The number of amides is 1. The maximum absolute atomic E-state index is 13.0. The van der Waals surface area contributed by atoms with Crippen LogP contribution in [0, 0.1) is 13.8 Å². The van der Waals surface area contributed by atoms with Gasteiger partial charge in [-0.3, -0.25) is 4.79 Å². The fraction of sp³-hybridized carbons (Fsp3) is 0.250. The van der Waals surface area contributed by atoms with Crippen LogP contribution in [0.15, 0.2) is 57.9 Å². The molecule has 2 aromatic carbocycles. The molecule has 0 saturated heterocycles. The molecule has 0 radical (unpaired) electrons. The SMILES string of the molecule is Cc1nc(-c2ccc(C)c(S(=O)(=O)N(C)CC(=O)NCc3ccccc3)c2)no1. The summed E-state index contributed by atoms with van der Waals surface area (Å²) in [6.45, 7) is 3.39. The molecule has 0 saturated carbocycles. The summed E-state index contributed by atoms with van der Waals surface area (Å²) in [6.07, 6.45) is 0. The highest BCUT2D eigenvalue weighted by Gasteiger charge is 2.25. The van der Waals surface area contributed by atoms with Gasteiger partial charge in [0.15, 0.2) is 0 Å². The second kappa shape index (κ2) is 8.54. The quantitative estimate of drug-likeness (QED) is 0.636. The Hall–Kier alpha value is -3.04. The van der Waals surface area contributed by atoms with Gasteiger partial charge < -0.3 is 9.84 Å². The van der Waals surface area contributed by atoms with Crippen LogP contribution in [0.1, 0.15) is 17.0 Å². The molecular weight excluding hydrogens is 392 g/mol. The molecule has 1 aromatic heterocycles. The van der Waals surface area contributed by atoms with Crippen molar-refractivity contribution >= 4 is 15.9 Å². The lowest BCUT2D eigenvalue weighted by molar-refractivity contribution is -0.121. The molecule has 0 spiro atoms. The average Bonchev–Trinajstić information content (AvgIpc) is 3.13. The second-order valence-electron chi connectivity index (χ2n) is 6.64. The monoisotopic (exact) mass is 414 g/mol. The third-order valence-electron chi connectivity index (χ3n) is 4.36. The fourth-order valence-corrected chi connectivity index (χ4v) is 4.11. The maximum atomic E-state index is 13.0. The number of aryl methyl sites for hydroxylation is 2. The van der Waals surface area contributed by atoms with Crippen LogP contribution in [-0.2, 0) is 21.4 Å². The number of hydrogen-bond donors (Lipinski definition) is 1. The first-order valence-electron chi connectivity index (χ1n) is 8.95. The topological polar surface area (TPSA) is 105 Å². The Morgan fingerprint density at radius 3 is 2.52 bits per heavy atom. The molecule has 1 amide bonds. The predicted molar refractivity (Wildman–Crippen MR) is 107 cm³/mol. The van der Waals surface area contributed by atoms with Crippen molar-refractivity contribution in [2.75, 3.05) is 13.6 Å². The van der Waals surface area contributed by atoms with E-state index in [1.54, 1.807) is 26.0 Å². The number of nitrogens with one attached hydrogen (secondary N) is 1. The van der Waals surface area contributed by atoms with E-state index in [0.717, 1.165) is 9.87 Å². The highest BCUT2D eigenvalue weighted by Crippen LogP contribution is 2.25. The molecule has 3 rings (SSSR count). The first-order chi connectivity index (χ1) is 13.8. The summed E-state index contributed by atoms with van der Waals surface area (Å²) in [5, 5.41) is 6.56. The number of rotatable bonds is 7. The number of carbonyl (C=O) groups excluding carboxylic acids is 1. The van der Waals surface area contributed by atoms with Crippen molar-refractivity contribution in [3.63, 3.8) is 0 Å². The Labute approximate surface area is 169 Å². The number of aromatic nitrogens is 2. The summed E-state index contributed by atoms with van der Waals surface area (Å²) in [4.78, 5) is 16.5. The number of carbonyl (C=O) groups is 1. The van der Waals surface area contributed by atoms with Crippen LogP contribution >= 0.6 is 0 Å². The van der Waals surface area contributed by atoms with Crippen molar-refractivity contribution in [1.82, 2.24) is 19.8 Å². The molecule has 1 heterocycles. The van der Waals surface area contributed by atoms with Gasteiger partial charge in [-0.25, -0.2) is 8.42 Å². The van der Waals surface area contributed by atoms with Gasteiger partial charge in [0.05, 0.1) is 11.4 Å². The zero-order chi connectivity index (χ0) is 21.0. The first-order valence-corrected chi connectivity index (χ1v) is 10.4. The summed E-state index contributed by atoms with van der Waals surface area (Å²) in [6, 6.07) is 14.3. The van der Waals surface area contributed by atoms with Crippen molar-refractivity contribution in [3.05, 3.63) is 65.5 Å². The molecule has 1 N–H and O–H groups in total. The Bertz CT molecular complexity index is 1110. The van der Waals surface area contributed by atoms with Crippen LogP contribution in [0.5, 0.6) is 0 Å². The minimum absolute atomic E-state index is 0.0933. The lowest BCUT2D eigenvalue weighted by Gasteiger charge is -2.18. The second-order valence-corrected chi connectivity index (χ2v) is 8.65. The van der Waals surface area contributed by atoms with Crippen molar-refractivity contribution in [2.24, 2.45) is 0 Å². The molecule has 0 aliphatic rings. The van der Waals surface area contributed by atoms with Gasteiger partial charge in [0, 0.05) is 26.1 Å². The summed E-state index contributed by atoms with van der Waals surface area (Å²) in [5.74, 6) is 0.307. The predicted octanol–water partition coefficient (Wildman–Crippen LogP) is 2.29. The van der Waals surface area contributed by atoms with Crippen LogP contribution in [0.25, 0.3) is 11.4 Å². The molecule has 0 aliphatic heterocycles. The summed E-state index contributed by atoms with van der Waals surface area (Å²) in [5.41, 5.74) is 2.02. The van der Waals surface area contributed by atoms with E-state index in [1.165, 1.54) is 13.1 Å². The van der Waals surface area contributed by atoms with Gasteiger partial charge in [-0.1, -0.05) is 47.6 Å². The standard InChI is InChI=1S/C20H22N4O4S/c1-14-9-10-17(20-22-15(2)28-23-20)11-18(14)29(26,27)24(3)13-19(25)21-12-16-7-5-4-6-8-16/h4-11H,12-13H2,1-3H3,(H,21,25). The molecule has 0 atom stereocenters. The lowest BCUT2D eigenvalue weighted by Crippen LogP contribution is -2.38. The van der Waals surface area contributed by atoms with Crippen LogP contribution in [0.2, 0.25) is 0 Å². The number of benzene rings is 2. The van der Waals surface area contributed by atoms with Gasteiger partial charge in [-0.2, -0.15) is 9.29 Å². The van der Waals surface area contributed by atoms with Crippen molar-refractivity contribution in [1.29, 1.82) is 0 Å². The molecule has 0 aliphatic carbocycles. The van der Waals surface area contributed by atoms with Gasteiger partial charge in [0.2, 0.25) is 27.6 Å². The Kier molecular flexibility index (Phi) is 6.09. The number of sulfonamides is 1. The molecule has 3 aromatic rings. The van der Waals surface area contributed by atoms with E-state index in [-0.39, 0.29) is 17.3 Å². The minimum atomic E-state index is -3.89. The van der Waals surface area contributed by atoms with E-state index in [0.29, 0.717) is 29.4 Å². The highest BCUT2D eigenvalue weighted by molar-refractivity contribution is 7.89. The summed E-state index contributed by atoms with van der Waals surface area (Å²) in [7, 11) is -2.51. The molecule has 0 unspecified atom stereocenters. The third kappa shape index (κ3) is 4.87. The van der Waals surface area contributed by atoms with E-state index in [2.05, 4.69) is 15.5 Å². The van der Waals surface area contributed by atoms with Gasteiger partial charge in [0.25, 0.3) is 0 Å². The first kappa shape index (κ1) is 20.7. The Balaban J connectivity index is 1.74. The van der Waals surface area contributed by atoms with Gasteiger partial charge in [0.1, 0.15) is 0 Å². The van der Waals surface area contributed by atoms with Crippen LogP contribution in [0.4, 0.5) is 0 Å². The van der Waals surface area contributed by atoms with Gasteiger partial charge in [-0.15, -0.1) is 0 Å². The molecule has 152 valence electrons. The summed E-state index contributed by atoms with van der Waals surface area (Å²) < 4.78 is 32.1. The molecule has 29 heavy (non-hydrogen) atoms. The maximum Gasteiger partial charge on any atom is 0.243 e. The zero-order valence-corrected chi connectivity index (χ0v) is 17.2. The van der Waals surface area contributed by atoms with Gasteiger partial charge >= 0.3 is 0 Å². The normalized spacial score (nSPS) is 11.6. The van der Waals surface area contributed by atoms with Crippen molar-refractivity contribution < 1.29 is 17.7 Å². The van der Waals surface area contributed by atoms with Crippen molar-refractivity contribution in [3.8, 4) is 11.4 Å². The zero-order valence-electron chi connectivity index (χ0n) is 16.4. The van der Waals surface area contributed by atoms with E-state index in [1.807, 2.05) is 30.3 Å². The Morgan fingerprint density at radius 2 is 1.86 bits per heavy atom. The molecule has 8 nitrogen and oxygen atoms in total. The number of hydrogen-bond acceptors (Lipinski definition) is 6.